The molecule has 0 spiro atoms. The molecular weight excluding hydrogens is 312 g/mol. The van der Waals surface area contributed by atoms with Gasteiger partial charge in [0.2, 0.25) is 0 Å². The quantitative estimate of drug-likeness (QED) is 0.602. The van der Waals surface area contributed by atoms with Crippen LogP contribution in [0, 0.1) is 11.6 Å². The zero-order chi connectivity index (χ0) is 17.4. The third-order valence-corrected chi connectivity index (χ3v) is 3.62. The van der Waals surface area contributed by atoms with E-state index in [-0.39, 0.29) is 5.92 Å². The molecule has 1 heterocycles. The van der Waals surface area contributed by atoms with Crippen molar-refractivity contribution in [3.63, 3.8) is 0 Å². The summed E-state index contributed by atoms with van der Waals surface area (Å²) < 4.78 is 31.6. The topological polar surface area (TPSA) is 49.6 Å². The van der Waals surface area contributed by atoms with Gasteiger partial charge in [-0.2, -0.15) is 0 Å². The molecule has 0 saturated heterocycles. The molecule has 24 heavy (non-hydrogen) atoms. The van der Waals surface area contributed by atoms with Crippen molar-refractivity contribution < 1.29 is 13.2 Å². The maximum atomic E-state index is 13.3. The number of benzene rings is 1. The van der Waals surface area contributed by atoms with E-state index < -0.39 is 11.6 Å². The Morgan fingerprint density at radius 1 is 1.21 bits per heavy atom. The largest absolute Gasteiger partial charge is 0.469 e. The highest BCUT2D eigenvalue weighted by molar-refractivity contribution is 5.79. The highest BCUT2D eigenvalue weighted by Gasteiger charge is 2.09. The first kappa shape index (κ1) is 18.0. The number of guanidine groups is 1. The lowest BCUT2D eigenvalue weighted by Crippen LogP contribution is -2.38. The molecule has 2 N–H and O–H groups in total. The minimum absolute atomic E-state index is 0.0133. The van der Waals surface area contributed by atoms with Crippen molar-refractivity contribution in [1.82, 2.24) is 10.6 Å². The molecule has 1 unspecified atom stereocenters. The van der Waals surface area contributed by atoms with Crippen molar-refractivity contribution in [3.8, 4) is 0 Å². The zero-order valence-electron chi connectivity index (χ0n) is 14.0. The Hall–Kier alpha value is -2.37. The van der Waals surface area contributed by atoms with Crippen molar-refractivity contribution in [3.05, 3.63) is 59.6 Å². The number of nitrogens with zero attached hydrogens (tertiary/aromatic N) is 1. The van der Waals surface area contributed by atoms with Crippen LogP contribution in [0.3, 0.4) is 0 Å². The molecule has 0 aliphatic heterocycles. The summed E-state index contributed by atoms with van der Waals surface area (Å²) in [5.41, 5.74) is 0.726. The van der Waals surface area contributed by atoms with Gasteiger partial charge in [-0.05, 0) is 36.8 Å². The van der Waals surface area contributed by atoms with E-state index in [0.29, 0.717) is 19.0 Å². The van der Waals surface area contributed by atoms with E-state index in [1.807, 2.05) is 26.0 Å². The van der Waals surface area contributed by atoms with Crippen LogP contribution in [0.5, 0.6) is 0 Å². The molecule has 1 aromatic heterocycles. The second-order valence-corrected chi connectivity index (χ2v) is 5.55. The summed E-state index contributed by atoms with van der Waals surface area (Å²) in [6.07, 6.45) is 2.41. The summed E-state index contributed by atoms with van der Waals surface area (Å²) in [6.45, 7) is 5.83. The number of halogens is 2. The van der Waals surface area contributed by atoms with Gasteiger partial charge in [-0.3, -0.25) is 4.99 Å². The molecule has 4 nitrogen and oxygen atoms in total. The fourth-order valence-corrected chi connectivity index (χ4v) is 2.25. The van der Waals surface area contributed by atoms with Crippen molar-refractivity contribution >= 4 is 5.96 Å². The van der Waals surface area contributed by atoms with Gasteiger partial charge >= 0.3 is 0 Å². The van der Waals surface area contributed by atoms with Crippen molar-refractivity contribution in [2.24, 2.45) is 4.99 Å². The normalized spacial score (nSPS) is 12.9. The fourth-order valence-electron chi connectivity index (χ4n) is 2.25. The molecule has 0 fully saturated rings. The Labute approximate surface area is 141 Å². The highest BCUT2D eigenvalue weighted by atomic mass is 19.2. The Balaban J connectivity index is 1.89. The van der Waals surface area contributed by atoms with Gasteiger partial charge in [-0.25, -0.2) is 8.78 Å². The van der Waals surface area contributed by atoms with Crippen LogP contribution in [-0.2, 0) is 6.42 Å². The standard InChI is InChI=1S/C18H23F2N3O/c1-3-21-18(22-9-8-15-5-4-10-24-15)23-12-13(2)14-6-7-16(19)17(20)11-14/h4-7,10-11,13H,3,8-9,12H2,1-2H3,(H2,21,22,23). The lowest BCUT2D eigenvalue weighted by molar-refractivity contribution is 0.505. The van der Waals surface area contributed by atoms with E-state index in [1.165, 1.54) is 6.07 Å². The SMILES string of the molecule is CCNC(=NCC(C)c1ccc(F)c(F)c1)NCCc1ccco1. The lowest BCUT2D eigenvalue weighted by Gasteiger charge is -2.13. The number of hydrogen-bond donors (Lipinski definition) is 2. The van der Waals surface area contributed by atoms with E-state index in [2.05, 4.69) is 15.6 Å². The van der Waals surface area contributed by atoms with Crippen molar-refractivity contribution in [1.29, 1.82) is 0 Å². The smallest absolute Gasteiger partial charge is 0.191 e. The van der Waals surface area contributed by atoms with Crippen LogP contribution in [0.15, 0.2) is 46.0 Å². The Kier molecular flexibility index (Phi) is 6.78. The summed E-state index contributed by atoms with van der Waals surface area (Å²) >= 11 is 0. The molecule has 0 amide bonds. The molecule has 130 valence electrons. The van der Waals surface area contributed by atoms with E-state index in [0.717, 1.165) is 30.4 Å². The van der Waals surface area contributed by atoms with Crippen LogP contribution >= 0.6 is 0 Å². The van der Waals surface area contributed by atoms with Gasteiger partial charge < -0.3 is 15.1 Å². The maximum absolute atomic E-state index is 13.3. The third-order valence-electron chi connectivity index (χ3n) is 3.62. The molecule has 0 bridgehead atoms. The minimum Gasteiger partial charge on any atom is -0.469 e. The van der Waals surface area contributed by atoms with Crippen LogP contribution in [0.25, 0.3) is 0 Å². The first-order valence-corrected chi connectivity index (χ1v) is 8.09. The Morgan fingerprint density at radius 2 is 2.04 bits per heavy atom. The fraction of sp³-hybridized carbons (Fsp3) is 0.389. The van der Waals surface area contributed by atoms with Gasteiger partial charge in [-0.15, -0.1) is 0 Å². The third kappa shape index (κ3) is 5.37. The van der Waals surface area contributed by atoms with Crippen molar-refractivity contribution in [2.45, 2.75) is 26.2 Å². The van der Waals surface area contributed by atoms with Crippen LogP contribution in [0.1, 0.15) is 31.1 Å². The monoisotopic (exact) mass is 335 g/mol. The molecular formula is C18H23F2N3O. The van der Waals surface area contributed by atoms with Crippen molar-refractivity contribution in [2.75, 3.05) is 19.6 Å². The average molecular weight is 335 g/mol. The summed E-state index contributed by atoms with van der Waals surface area (Å²) in [4.78, 5) is 4.51. The van der Waals surface area contributed by atoms with Gasteiger partial charge in [0.15, 0.2) is 17.6 Å². The van der Waals surface area contributed by atoms with Gasteiger partial charge in [0, 0.05) is 32.0 Å². The average Bonchev–Trinajstić information content (AvgIpc) is 3.08. The van der Waals surface area contributed by atoms with Crippen LogP contribution in [0.4, 0.5) is 8.78 Å². The number of hydrogen-bond acceptors (Lipinski definition) is 2. The Bertz CT molecular complexity index is 656. The Morgan fingerprint density at radius 3 is 2.71 bits per heavy atom. The molecule has 2 rings (SSSR count). The lowest BCUT2D eigenvalue weighted by atomic mass is 10.0. The van der Waals surface area contributed by atoms with Gasteiger partial charge in [0.25, 0.3) is 0 Å². The number of rotatable bonds is 7. The number of furan rings is 1. The summed E-state index contributed by atoms with van der Waals surface area (Å²) in [5.74, 6) is -0.0678. The minimum atomic E-state index is -0.831. The first-order valence-electron chi connectivity index (χ1n) is 8.09. The number of nitrogens with one attached hydrogen (secondary N) is 2. The molecule has 6 heteroatoms. The second-order valence-electron chi connectivity index (χ2n) is 5.55. The van der Waals surface area contributed by atoms with E-state index in [1.54, 1.807) is 12.3 Å². The van der Waals surface area contributed by atoms with Crippen LogP contribution < -0.4 is 10.6 Å². The molecule has 1 atom stereocenters. The summed E-state index contributed by atoms with van der Waals surface area (Å²) in [7, 11) is 0. The van der Waals surface area contributed by atoms with Gasteiger partial charge in [-0.1, -0.05) is 13.0 Å². The van der Waals surface area contributed by atoms with Crippen LogP contribution in [0.2, 0.25) is 0 Å². The molecule has 2 aromatic rings. The second kappa shape index (κ2) is 9.05. The first-order chi connectivity index (χ1) is 11.6. The molecule has 0 aliphatic carbocycles. The molecule has 0 saturated carbocycles. The summed E-state index contributed by atoms with van der Waals surface area (Å²) in [5, 5.41) is 6.40. The predicted octanol–water partition coefficient (Wildman–Crippen LogP) is 3.46. The molecule has 0 aliphatic rings. The van der Waals surface area contributed by atoms with E-state index in [4.69, 9.17) is 4.42 Å². The highest BCUT2D eigenvalue weighted by Crippen LogP contribution is 2.18. The zero-order valence-corrected chi connectivity index (χ0v) is 14.0. The summed E-state index contributed by atoms with van der Waals surface area (Å²) in [6, 6.07) is 7.76. The van der Waals surface area contributed by atoms with Gasteiger partial charge in [0.05, 0.1) is 6.26 Å². The molecule has 0 radical (unpaired) electrons. The van der Waals surface area contributed by atoms with Crippen LogP contribution in [-0.4, -0.2) is 25.6 Å². The predicted molar refractivity (Wildman–Crippen MR) is 91.2 cm³/mol. The number of aliphatic imine (C=N–C) groups is 1. The maximum Gasteiger partial charge on any atom is 0.191 e. The van der Waals surface area contributed by atoms with E-state index >= 15 is 0 Å². The molecule has 1 aromatic carbocycles. The van der Waals surface area contributed by atoms with E-state index in [9.17, 15) is 8.78 Å². The van der Waals surface area contributed by atoms with Gasteiger partial charge in [0.1, 0.15) is 5.76 Å².